The number of rotatable bonds is 4. The Kier molecular flexibility index (Phi) is 3.46. The number of benzene rings is 1. The van der Waals surface area contributed by atoms with Crippen molar-refractivity contribution in [3.8, 4) is 0 Å². The number of fused-ring (bicyclic) bond motifs is 1. The number of nitrogens with two attached hydrogens (primary N) is 1. The van der Waals surface area contributed by atoms with Gasteiger partial charge in [-0.05, 0) is 38.5 Å². The Morgan fingerprint density at radius 2 is 2.21 bits per heavy atom. The Balaban J connectivity index is 2.29. The maximum atomic E-state index is 12.3. The van der Waals surface area contributed by atoms with Crippen LogP contribution in [0.25, 0.3) is 10.9 Å². The van der Waals surface area contributed by atoms with Gasteiger partial charge in [0.25, 0.3) is 5.91 Å². The molecule has 0 saturated carbocycles. The molecular weight excluding hydrogens is 240 g/mol. The zero-order valence-electron chi connectivity index (χ0n) is 11.6. The van der Waals surface area contributed by atoms with Crippen molar-refractivity contribution in [2.24, 2.45) is 0 Å². The maximum Gasteiger partial charge on any atom is 0.272 e. The lowest BCUT2D eigenvalue weighted by molar-refractivity contribution is 0.0905. The van der Waals surface area contributed by atoms with Gasteiger partial charge in [-0.25, -0.2) is 0 Å². The highest BCUT2D eigenvalue weighted by Gasteiger charge is 2.22. The normalized spacial score (nSPS) is 11.7. The quantitative estimate of drug-likeness (QED) is 0.738. The van der Waals surface area contributed by atoms with Gasteiger partial charge < -0.3 is 11.1 Å². The standard InChI is InChI=1S/C14H20N4O/c1-4-7-14(2,3)16-13(19)12-10-8-9(15)5-6-11(10)17-18-12/h5-6,8H,4,7,15H2,1-3H3,(H,16,19)(H,17,18). The van der Waals surface area contributed by atoms with Gasteiger partial charge in [0.05, 0.1) is 5.52 Å². The SMILES string of the molecule is CCCC(C)(C)NC(=O)c1n[nH]c2ccc(N)cc12. The Bertz CT molecular complexity index is 601. The van der Waals surface area contributed by atoms with E-state index in [4.69, 9.17) is 5.73 Å². The van der Waals surface area contributed by atoms with E-state index >= 15 is 0 Å². The summed E-state index contributed by atoms with van der Waals surface area (Å²) in [7, 11) is 0. The second-order valence-electron chi connectivity index (χ2n) is 5.47. The molecule has 1 aromatic heterocycles. The molecule has 0 aliphatic rings. The van der Waals surface area contributed by atoms with Gasteiger partial charge in [0.15, 0.2) is 5.69 Å². The van der Waals surface area contributed by atoms with Crippen molar-refractivity contribution in [2.45, 2.75) is 39.2 Å². The molecule has 1 amide bonds. The van der Waals surface area contributed by atoms with E-state index in [1.165, 1.54) is 0 Å². The lowest BCUT2D eigenvalue weighted by Gasteiger charge is -2.25. The highest BCUT2D eigenvalue weighted by Crippen LogP contribution is 2.20. The van der Waals surface area contributed by atoms with Gasteiger partial charge >= 0.3 is 0 Å². The van der Waals surface area contributed by atoms with Crippen LogP contribution >= 0.6 is 0 Å². The predicted octanol–water partition coefficient (Wildman–Crippen LogP) is 2.45. The smallest absolute Gasteiger partial charge is 0.272 e. The van der Waals surface area contributed by atoms with Crippen LogP contribution in [-0.2, 0) is 0 Å². The maximum absolute atomic E-state index is 12.3. The highest BCUT2D eigenvalue weighted by atomic mass is 16.2. The van der Waals surface area contributed by atoms with Crippen LogP contribution in [0.5, 0.6) is 0 Å². The van der Waals surface area contributed by atoms with Crippen LogP contribution in [0.1, 0.15) is 44.1 Å². The molecule has 0 unspecified atom stereocenters. The van der Waals surface area contributed by atoms with E-state index in [2.05, 4.69) is 22.4 Å². The Morgan fingerprint density at radius 3 is 2.89 bits per heavy atom. The summed E-state index contributed by atoms with van der Waals surface area (Å²) in [5.41, 5.74) is 7.34. The van der Waals surface area contributed by atoms with Crippen LogP contribution in [0.15, 0.2) is 18.2 Å². The molecule has 1 heterocycles. The summed E-state index contributed by atoms with van der Waals surface area (Å²) in [6, 6.07) is 5.37. The Labute approximate surface area is 112 Å². The Morgan fingerprint density at radius 1 is 1.47 bits per heavy atom. The summed E-state index contributed by atoms with van der Waals surface area (Å²) >= 11 is 0. The summed E-state index contributed by atoms with van der Waals surface area (Å²) in [6.45, 7) is 6.12. The van der Waals surface area contributed by atoms with Gasteiger partial charge in [-0.3, -0.25) is 9.89 Å². The third-order valence-electron chi connectivity index (χ3n) is 3.13. The minimum atomic E-state index is -0.239. The highest BCUT2D eigenvalue weighted by molar-refractivity contribution is 6.05. The molecule has 2 rings (SSSR count). The number of hydrogen-bond acceptors (Lipinski definition) is 3. The van der Waals surface area contributed by atoms with Crippen molar-refractivity contribution >= 4 is 22.5 Å². The van der Waals surface area contributed by atoms with E-state index in [9.17, 15) is 4.79 Å². The van der Waals surface area contributed by atoms with Gasteiger partial charge in [0, 0.05) is 16.6 Å². The molecule has 0 fully saturated rings. The fourth-order valence-corrected chi connectivity index (χ4v) is 2.26. The third kappa shape index (κ3) is 2.86. The van der Waals surface area contributed by atoms with Crippen LogP contribution in [0.2, 0.25) is 0 Å². The molecule has 0 spiro atoms. The number of nitrogens with zero attached hydrogens (tertiary/aromatic N) is 1. The molecule has 0 bridgehead atoms. The first-order chi connectivity index (χ1) is 8.93. The summed E-state index contributed by atoms with van der Waals surface area (Å²) in [4.78, 5) is 12.3. The molecule has 4 N–H and O–H groups in total. The fraction of sp³-hybridized carbons (Fsp3) is 0.429. The second-order valence-corrected chi connectivity index (χ2v) is 5.47. The van der Waals surface area contributed by atoms with Gasteiger partial charge in [-0.15, -0.1) is 0 Å². The molecule has 5 heteroatoms. The number of carbonyl (C=O) groups is 1. The number of H-pyrrole nitrogens is 1. The predicted molar refractivity (Wildman–Crippen MR) is 77.0 cm³/mol. The van der Waals surface area contributed by atoms with Crippen molar-refractivity contribution in [2.75, 3.05) is 5.73 Å². The molecule has 0 saturated heterocycles. The van der Waals surface area contributed by atoms with Crippen molar-refractivity contribution < 1.29 is 4.79 Å². The molecule has 0 atom stereocenters. The molecule has 0 aliphatic heterocycles. The zero-order chi connectivity index (χ0) is 14.0. The number of aromatic nitrogens is 2. The van der Waals surface area contributed by atoms with Crippen LogP contribution in [0.4, 0.5) is 5.69 Å². The molecule has 0 aliphatic carbocycles. The van der Waals surface area contributed by atoms with Crippen LogP contribution in [0, 0.1) is 0 Å². The van der Waals surface area contributed by atoms with Crippen molar-refractivity contribution in [3.05, 3.63) is 23.9 Å². The number of nitrogens with one attached hydrogen (secondary N) is 2. The summed E-state index contributed by atoms with van der Waals surface area (Å²) in [5, 5.41) is 10.7. The number of anilines is 1. The van der Waals surface area contributed by atoms with E-state index in [-0.39, 0.29) is 11.4 Å². The average molecular weight is 260 g/mol. The van der Waals surface area contributed by atoms with Crippen LogP contribution in [0.3, 0.4) is 0 Å². The monoisotopic (exact) mass is 260 g/mol. The summed E-state index contributed by atoms with van der Waals surface area (Å²) < 4.78 is 0. The van der Waals surface area contributed by atoms with E-state index in [0.717, 1.165) is 23.7 Å². The van der Waals surface area contributed by atoms with Gasteiger partial charge in [-0.2, -0.15) is 5.10 Å². The number of nitrogen functional groups attached to an aromatic ring is 1. The molecule has 2 aromatic rings. The molecular formula is C14H20N4O. The molecule has 1 aromatic carbocycles. The molecule has 102 valence electrons. The molecule has 0 radical (unpaired) electrons. The van der Waals surface area contributed by atoms with Gasteiger partial charge in [-0.1, -0.05) is 13.3 Å². The lowest BCUT2D eigenvalue weighted by atomic mass is 9.98. The lowest BCUT2D eigenvalue weighted by Crippen LogP contribution is -2.43. The first-order valence-corrected chi connectivity index (χ1v) is 6.49. The van der Waals surface area contributed by atoms with E-state index in [1.54, 1.807) is 12.1 Å². The van der Waals surface area contributed by atoms with Crippen molar-refractivity contribution in [1.82, 2.24) is 15.5 Å². The molecule has 5 nitrogen and oxygen atoms in total. The van der Waals surface area contributed by atoms with Gasteiger partial charge in [0.1, 0.15) is 0 Å². The third-order valence-corrected chi connectivity index (χ3v) is 3.13. The minimum absolute atomic E-state index is 0.171. The van der Waals surface area contributed by atoms with E-state index < -0.39 is 0 Å². The largest absolute Gasteiger partial charge is 0.399 e. The van der Waals surface area contributed by atoms with Gasteiger partial charge in [0.2, 0.25) is 0 Å². The van der Waals surface area contributed by atoms with Crippen LogP contribution in [-0.4, -0.2) is 21.6 Å². The fourth-order valence-electron chi connectivity index (χ4n) is 2.26. The zero-order valence-corrected chi connectivity index (χ0v) is 11.6. The number of aromatic amines is 1. The van der Waals surface area contributed by atoms with Crippen molar-refractivity contribution in [3.63, 3.8) is 0 Å². The first-order valence-electron chi connectivity index (χ1n) is 6.49. The molecule has 19 heavy (non-hydrogen) atoms. The number of carbonyl (C=O) groups excluding carboxylic acids is 1. The Hall–Kier alpha value is -2.04. The van der Waals surface area contributed by atoms with Crippen molar-refractivity contribution in [1.29, 1.82) is 0 Å². The van der Waals surface area contributed by atoms with E-state index in [1.807, 2.05) is 19.9 Å². The number of amides is 1. The average Bonchev–Trinajstić information content (AvgIpc) is 2.70. The first kappa shape index (κ1) is 13.4. The number of hydrogen-bond donors (Lipinski definition) is 3. The second kappa shape index (κ2) is 4.91. The minimum Gasteiger partial charge on any atom is -0.399 e. The summed E-state index contributed by atoms with van der Waals surface area (Å²) in [5.74, 6) is -0.171. The van der Waals surface area contributed by atoms with E-state index in [0.29, 0.717) is 11.4 Å². The topological polar surface area (TPSA) is 83.8 Å². The van der Waals surface area contributed by atoms with Crippen LogP contribution < -0.4 is 11.1 Å². The summed E-state index contributed by atoms with van der Waals surface area (Å²) in [6.07, 6.45) is 1.94.